The van der Waals surface area contributed by atoms with Crippen molar-refractivity contribution < 1.29 is 52.7 Å². The van der Waals surface area contributed by atoms with E-state index in [4.69, 9.17) is 38.3 Å². The van der Waals surface area contributed by atoms with Crippen LogP contribution in [0.5, 0.6) is 17.2 Å². The SMILES string of the molecule is CS(=O)(=O)Nc1cc([N+](=O)[O-])ccc1NC(=O)Nc1cccc(Cl)c1Cl.N#Cc1ccc(NC(=O)Nc2ccccc2NCc2ccccc2)c(O)c1.O=C(Nc1ccc([N+](=O)[O-])cc1O)Nc1ccccc1OCCO. The summed E-state index contributed by atoms with van der Waals surface area (Å²) in [5.41, 5.74) is 2.88. The number of sulfonamides is 1. The number of carbonyl (C=O) groups excluding carboxylic acids is 3. The summed E-state index contributed by atoms with van der Waals surface area (Å²) in [6.45, 7) is 0.526. The number of amides is 6. The van der Waals surface area contributed by atoms with E-state index in [0.29, 0.717) is 29.2 Å². The first-order chi connectivity index (χ1) is 36.7. The summed E-state index contributed by atoms with van der Waals surface area (Å²) >= 11 is 11.8. The van der Waals surface area contributed by atoms with Crippen molar-refractivity contribution in [2.45, 2.75) is 6.54 Å². The quantitative estimate of drug-likeness (QED) is 0.0243. The van der Waals surface area contributed by atoms with Gasteiger partial charge in [0.05, 0.1) is 96.0 Å². The summed E-state index contributed by atoms with van der Waals surface area (Å²) in [6, 6.07) is 39.5. The smallest absolute Gasteiger partial charge is 0.323 e. The van der Waals surface area contributed by atoms with Crippen molar-refractivity contribution in [1.29, 1.82) is 5.26 Å². The van der Waals surface area contributed by atoms with Gasteiger partial charge < -0.3 is 57.3 Å². The molecular weight excluding hydrogens is 1070 g/mol. The van der Waals surface area contributed by atoms with Crippen molar-refractivity contribution in [2.75, 3.05) is 61.4 Å². The number of nitriles is 1. The number of rotatable bonds is 16. The Morgan fingerprint density at radius 2 is 1.08 bits per heavy atom. The number of para-hydroxylation sites is 4. The van der Waals surface area contributed by atoms with Gasteiger partial charge in [0.15, 0.2) is 0 Å². The fraction of sp³-hybridized carbons (Fsp3) is 0.0800. The number of nitro groups is 2. The zero-order valence-electron chi connectivity index (χ0n) is 40.0. The van der Waals surface area contributed by atoms with Crippen LogP contribution in [-0.4, -0.2) is 71.1 Å². The molecule has 6 amide bonds. The van der Waals surface area contributed by atoms with Crippen LogP contribution in [0, 0.1) is 31.6 Å². The third-order valence-corrected chi connectivity index (χ3v) is 11.2. The van der Waals surface area contributed by atoms with Crippen molar-refractivity contribution in [3.8, 4) is 23.3 Å². The summed E-state index contributed by atoms with van der Waals surface area (Å²) in [4.78, 5) is 56.6. The highest BCUT2D eigenvalue weighted by atomic mass is 35.5. The van der Waals surface area contributed by atoms with E-state index in [1.54, 1.807) is 36.4 Å². The van der Waals surface area contributed by atoms with Gasteiger partial charge in [0.2, 0.25) is 10.0 Å². The van der Waals surface area contributed by atoms with Crippen LogP contribution in [0.2, 0.25) is 10.0 Å². The number of nitrogens with zero attached hydrogens (tertiary/aromatic N) is 3. The molecule has 0 aromatic heterocycles. The largest absolute Gasteiger partial charge is 0.506 e. The number of ether oxygens (including phenoxy) is 1. The molecule has 0 radical (unpaired) electrons. The minimum absolute atomic E-state index is 0.0108. The molecule has 0 aliphatic rings. The Morgan fingerprint density at radius 1 is 0.597 bits per heavy atom. The molecule has 11 N–H and O–H groups in total. The monoisotopic (exact) mass is 1110 g/mol. The topological polar surface area (TPSA) is 362 Å². The summed E-state index contributed by atoms with van der Waals surface area (Å²) in [5.74, 6) is -0.224. The highest BCUT2D eigenvalue weighted by molar-refractivity contribution is 7.92. The Labute approximate surface area is 448 Å². The molecule has 0 aliphatic carbocycles. The number of benzene rings is 7. The summed E-state index contributed by atoms with van der Waals surface area (Å²) < 4.78 is 30.3. The maximum Gasteiger partial charge on any atom is 0.323 e. The second kappa shape index (κ2) is 28.0. The molecule has 0 saturated heterocycles. The third kappa shape index (κ3) is 18.5. The molecule has 0 unspecified atom stereocenters. The normalized spacial score (nSPS) is 10.3. The van der Waals surface area contributed by atoms with E-state index in [9.17, 15) is 53.2 Å². The van der Waals surface area contributed by atoms with Gasteiger partial charge in [0, 0.05) is 24.7 Å². The number of hydrogen-bond donors (Lipinski definition) is 11. The molecule has 27 heteroatoms. The molecule has 0 heterocycles. The number of hydrogen-bond acceptors (Lipinski definition) is 15. The molecule has 0 saturated carbocycles. The van der Waals surface area contributed by atoms with Gasteiger partial charge in [-0.1, -0.05) is 83.9 Å². The van der Waals surface area contributed by atoms with Crippen LogP contribution >= 0.6 is 23.2 Å². The number of aromatic hydroxyl groups is 2. The highest BCUT2D eigenvalue weighted by Gasteiger charge is 2.18. The van der Waals surface area contributed by atoms with Crippen LogP contribution in [0.3, 0.4) is 0 Å². The van der Waals surface area contributed by atoms with Crippen LogP contribution in [-0.2, 0) is 16.6 Å². The van der Waals surface area contributed by atoms with Crippen molar-refractivity contribution in [3.63, 3.8) is 0 Å². The first kappa shape index (κ1) is 58.0. The van der Waals surface area contributed by atoms with Crippen LogP contribution < -0.4 is 46.7 Å². The molecular formula is C50H45Cl2N11O13S. The summed E-state index contributed by atoms with van der Waals surface area (Å²) in [5, 5.41) is 77.5. The van der Waals surface area contributed by atoms with E-state index in [1.165, 1.54) is 42.5 Å². The lowest BCUT2D eigenvalue weighted by Crippen LogP contribution is -2.21. The number of urea groups is 3. The van der Waals surface area contributed by atoms with Crippen molar-refractivity contribution >= 4 is 108 Å². The molecule has 7 aromatic carbocycles. The fourth-order valence-electron chi connectivity index (χ4n) is 6.30. The molecule has 7 aromatic rings. The number of nitrogens with one attached hydrogen (secondary N) is 8. The van der Waals surface area contributed by atoms with Gasteiger partial charge in [-0.3, -0.25) is 25.0 Å². The molecule has 7 rings (SSSR count). The lowest BCUT2D eigenvalue weighted by molar-refractivity contribution is -0.385. The van der Waals surface area contributed by atoms with E-state index in [2.05, 4.69) is 41.9 Å². The van der Waals surface area contributed by atoms with Gasteiger partial charge >= 0.3 is 18.1 Å². The molecule has 0 aliphatic heterocycles. The molecule has 0 bridgehead atoms. The Hall–Kier alpha value is -9.87. The molecule has 24 nitrogen and oxygen atoms in total. The Kier molecular flexibility index (Phi) is 21.1. The zero-order chi connectivity index (χ0) is 56.1. The van der Waals surface area contributed by atoms with Crippen molar-refractivity contribution in [3.05, 3.63) is 193 Å². The third-order valence-electron chi connectivity index (χ3n) is 9.76. The van der Waals surface area contributed by atoms with Gasteiger partial charge in [-0.15, -0.1) is 0 Å². The van der Waals surface area contributed by atoms with Crippen LogP contribution in [0.15, 0.2) is 152 Å². The van der Waals surface area contributed by atoms with E-state index < -0.39 is 43.7 Å². The number of phenolic OH excluding ortho intramolecular Hbond substituents is 2. The van der Waals surface area contributed by atoms with Gasteiger partial charge in [-0.25, -0.2) is 22.8 Å². The number of aliphatic hydroxyl groups is 1. The van der Waals surface area contributed by atoms with Crippen LogP contribution in [0.4, 0.5) is 71.3 Å². The molecule has 77 heavy (non-hydrogen) atoms. The number of nitro benzene ring substituents is 2. The second-order valence-electron chi connectivity index (χ2n) is 15.5. The average molecular weight is 1110 g/mol. The molecule has 0 fully saturated rings. The van der Waals surface area contributed by atoms with Crippen molar-refractivity contribution in [2.24, 2.45) is 0 Å². The maximum absolute atomic E-state index is 12.3. The zero-order valence-corrected chi connectivity index (χ0v) is 42.3. The number of non-ortho nitro benzene ring substituents is 2. The molecule has 0 atom stereocenters. The predicted molar refractivity (Wildman–Crippen MR) is 293 cm³/mol. The van der Waals surface area contributed by atoms with Crippen LogP contribution in [0.25, 0.3) is 0 Å². The van der Waals surface area contributed by atoms with E-state index in [-0.39, 0.29) is 68.8 Å². The van der Waals surface area contributed by atoms with E-state index >= 15 is 0 Å². The van der Waals surface area contributed by atoms with E-state index in [0.717, 1.165) is 41.8 Å². The molecule has 398 valence electrons. The Morgan fingerprint density at radius 3 is 1.65 bits per heavy atom. The first-order valence-corrected chi connectivity index (χ1v) is 24.7. The first-order valence-electron chi connectivity index (χ1n) is 22.1. The van der Waals surface area contributed by atoms with Gasteiger partial charge in [0.1, 0.15) is 23.9 Å². The number of phenols is 2. The number of anilines is 8. The Balaban J connectivity index is 0.000000213. The fourth-order valence-corrected chi connectivity index (χ4v) is 7.22. The highest BCUT2D eigenvalue weighted by Crippen LogP contribution is 2.33. The standard InChI is InChI=1S/C21H18N4O2.C15H15N3O6.C14H12Cl2N4O5S/c22-13-16-10-11-19(20(26)12-16)25-21(27)24-18-9-5-4-8-17(18)23-14-15-6-2-1-3-7-15;19-7-8-24-14-4-2-1-3-12(14)17-15(21)16-11-6-5-10(18(22)23)9-13(11)20;1-26(24,25)19-12-7-8(20(22)23)5-6-10(12)17-14(21)18-11-4-2-3-9(15)13(11)16/h1-12,23,26H,14H2,(H2,24,25,27);1-6,9,19-20H,7-8H2,(H2,16,17,21);2-7,19H,1H3,(H2,17,18,21). The number of aliphatic hydroxyl groups excluding tert-OH is 1. The van der Waals surface area contributed by atoms with Gasteiger partial charge in [-0.05, 0) is 72.3 Å². The lowest BCUT2D eigenvalue weighted by atomic mass is 10.2. The Bertz CT molecular complexity index is 3430. The minimum Gasteiger partial charge on any atom is -0.506 e. The molecule has 0 spiro atoms. The summed E-state index contributed by atoms with van der Waals surface area (Å²) in [6.07, 6.45) is 0.876. The average Bonchev–Trinajstić information content (AvgIpc) is 3.39. The second-order valence-corrected chi connectivity index (χ2v) is 18.0. The van der Waals surface area contributed by atoms with Gasteiger partial charge in [0.25, 0.3) is 11.4 Å². The predicted octanol–water partition coefficient (Wildman–Crippen LogP) is 10.8. The van der Waals surface area contributed by atoms with E-state index in [1.807, 2.05) is 54.6 Å². The van der Waals surface area contributed by atoms with Gasteiger partial charge in [-0.2, -0.15) is 5.26 Å². The number of carbonyl (C=O) groups is 3. The minimum atomic E-state index is -3.73. The number of halogens is 2. The summed E-state index contributed by atoms with van der Waals surface area (Å²) in [7, 11) is -3.73. The maximum atomic E-state index is 12.3. The lowest BCUT2D eigenvalue weighted by Gasteiger charge is -2.14. The van der Waals surface area contributed by atoms with Crippen molar-refractivity contribution in [1.82, 2.24) is 0 Å². The van der Waals surface area contributed by atoms with Crippen LogP contribution in [0.1, 0.15) is 11.1 Å².